The zero-order valence-corrected chi connectivity index (χ0v) is 12.8. The van der Waals surface area contributed by atoms with Gasteiger partial charge in [0.05, 0.1) is 5.56 Å². The monoisotopic (exact) mass is 325 g/mol. The first-order chi connectivity index (χ1) is 10.8. The molecule has 2 rings (SSSR count). The molecule has 124 valence electrons. The van der Waals surface area contributed by atoms with Crippen molar-refractivity contribution >= 4 is 23.0 Å². The first kappa shape index (κ1) is 16.9. The molecule has 0 fully saturated rings. The third-order valence-electron chi connectivity index (χ3n) is 3.35. The third kappa shape index (κ3) is 4.24. The van der Waals surface area contributed by atoms with Crippen molar-refractivity contribution in [3.63, 3.8) is 0 Å². The van der Waals surface area contributed by atoms with Crippen LogP contribution in [0.2, 0.25) is 0 Å². The first-order valence-corrected chi connectivity index (χ1v) is 7.12. The van der Waals surface area contributed by atoms with Gasteiger partial charge in [0.2, 0.25) is 0 Å². The fraction of sp³-hybridized carbons (Fsp3) is 0.333. The highest BCUT2D eigenvalue weighted by Gasteiger charge is 2.29. The lowest BCUT2D eigenvalue weighted by Crippen LogP contribution is -2.16. The molecule has 0 aliphatic carbocycles. The average Bonchev–Trinajstić information content (AvgIpc) is 2.50. The molecule has 4 N–H and O–H groups in total. The van der Waals surface area contributed by atoms with Gasteiger partial charge in [-0.3, -0.25) is 0 Å². The van der Waals surface area contributed by atoms with E-state index in [-0.39, 0.29) is 6.04 Å². The van der Waals surface area contributed by atoms with Gasteiger partial charge < -0.3 is 16.4 Å². The summed E-state index contributed by atoms with van der Waals surface area (Å²) in [6, 6.07) is 4.83. The van der Waals surface area contributed by atoms with Crippen molar-refractivity contribution in [3.8, 4) is 0 Å². The average molecular weight is 325 g/mol. The van der Waals surface area contributed by atoms with Crippen LogP contribution in [0.5, 0.6) is 0 Å². The Kier molecular flexibility index (Phi) is 4.92. The second kappa shape index (κ2) is 6.72. The summed E-state index contributed by atoms with van der Waals surface area (Å²) in [5, 5.41) is 6.05. The van der Waals surface area contributed by atoms with Crippen molar-refractivity contribution in [3.05, 3.63) is 36.2 Å². The molecule has 23 heavy (non-hydrogen) atoms. The summed E-state index contributed by atoms with van der Waals surface area (Å²) in [5.41, 5.74) is 6.06. The number of hydrogen-bond donors (Lipinski definition) is 3. The molecule has 1 unspecified atom stereocenters. The molecule has 1 heterocycles. The van der Waals surface area contributed by atoms with Gasteiger partial charge in [-0.1, -0.05) is 6.92 Å². The van der Waals surface area contributed by atoms with Crippen LogP contribution in [0.4, 0.5) is 36.2 Å². The number of nitrogens with one attached hydrogen (secondary N) is 2. The maximum atomic E-state index is 12.5. The number of rotatable bonds is 5. The van der Waals surface area contributed by atoms with Crippen LogP contribution in [0.15, 0.2) is 30.6 Å². The van der Waals surface area contributed by atoms with Gasteiger partial charge in [0.25, 0.3) is 0 Å². The Morgan fingerprint density at radius 3 is 2.30 bits per heavy atom. The van der Waals surface area contributed by atoms with Crippen LogP contribution in [-0.2, 0) is 6.18 Å². The smallest absolute Gasteiger partial charge is 0.393 e. The third-order valence-corrected chi connectivity index (χ3v) is 3.35. The number of hydrogen-bond acceptors (Lipinski definition) is 5. The molecule has 8 heteroatoms. The SMILES string of the molecule is CCC(C)Nc1ncnc(Nc2ccc(C(F)(F)F)cc2)c1N. The molecule has 1 aromatic carbocycles. The largest absolute Gasteiger partial charge is 0.416 e. The molecule has 0 saturated heterocycles. The van der Waals surface area contributed by atoms with E-state index in [4.69, 9.17) is 5.73 Å². The second-order valence-corrected chi connectivity index (χ2v) is 5.14. The Balaban J connectivity index is 2.18. The summed E-state index contributed by atoms with van der Waals surface area (Å²) in [7, 11) is 0. The van der Waals surface area contributed by atoms with Gasteiger partial charge >= 0.3 is 6.18 Å². The molecule has 0 amide bonds. The Morgan fingerprint density at radius 2 is 1.74 bits per heavy atom. The summed E-state index contributed by atoms with van der Waals surface area (Å²) in [5.74, 6) is 0.828. The number of nitrogen functional groups attached to an aromatic ring is 1. The van der Waals surface area contributed by atoms with Crippen LogP contribution >= 0.6 is 0 Å². The minimum absolute atomic E-state index is 0.186. The maximum absolute atomic E-state index is 12.5. The Hall–Kier alpha value is -2.51. The minimum atomic E-state index is -4.36. The van der Waals surface area contributed by atoms with E-state index in [9.17, 15) is 13.2 Å². The Morgan fingerprint density at radius 1 is 1.13 bits per heavy atom. The molecule has 0 bridgehead atoms. The van der Waals surface area contributed by atoms with Crippen molar-refractivity contribution in [1.82, 2.24) is 9.97 Å². The van der Waals surface area contributed by atoms with Crippen molar-refractivity contribution < 1.29 is 13.2 Å². The van der Waals surface area contributed by atoms with Gasteiger partial charge in [-0.25, -0.2) is 9.97 Å². The number of halogens is 3. The normalized spacial score (nSPS) is 12.7. The van der Waals surface area contributed by atoms with Crippen molar-refractivity contribution in [1.29, 1.82) is 0 Å². The molecule has 0 radical (unpaired) electrons. The maximum Gasteiger partial charge on any atom is 0.416 e. The molecule has 5 nitrogen and oxygen atoms in total. The van der Waals surface area contributed by atoms with Crippen LogP contribution in [0, 0.1) is 0 Å². The summed E-state index contributed by atoms with van der Waals surface area (Å²) in [4.78, 5) is 8.11. The van der Waals surface area contributed by atoms with E-state index in [1.165, 1.54) is 18.5 Å². The number of aromatic nitrogens is 2. The molecule has 1 aromatic heterocycles. The number of benzene rings is 1. The zero-order valence-electron chi connectivity index (χ0n) is 12.8. The van der Waals surface area contributed by atoms with Crippen LogP contribution in [0.3, 0.4) is 0 Å². The molecule has 2 aromatic rings. The fourth-order valence-electron chi connectivity index (χ4n) is 1.82. The molecule has 0 spiro atoms. The molecular formula is C15H18F3N5. The zero-order chi connectivity index (χ0) is 17.0. The van der Waals surface area contributed by atoms with Gasteiger partial charge in [-0.2, -0.15) is 13.2 Å². The summed E-state index contributed by atoms with van der Waals surface area (Å²) >= 11 is 0. The highest BCUT2D eigenvalue weighted by atomic mass is 19.4. The van der Waals surface area contributed by atoms with E-state index in [1.54, 1.807) is 0 Å². The predicted molar refractivity (Wildman–Crippen MR) is 84.5 cm³/mol. The number of anilines is 4. The minimum Gasteiger partial charge on any atom is -0.393 e. The lowest BCUT2D eigenvalue weighted by atomic mass is 10.2. The summed E-state index contributed by atoms with van der Waals surface area (Å²) in [6.45, 7) is 4.01. The van der Waals surface area contributed by atoms with Crippen LogP contribution in [0.1, 0.15) is 25.8 Å². The molecule has 0 saturated carbocycles. The van der Waals surface area contributed by atoms with E-state index in [1.807, 2.05) is 13.8 Å². The predicted octanol–water partition coefficient (Wildman–Crippen LogP) is 4.03. The van der Waals surface area contributed by atoms with E-state index < -0.39 is 11.7 Å². The first-order valence-electron chi connectivity index (χ1n) is 7.12. The summed E-state index contributed by atoms with van der Waals surface area (Å²) < 4.78 is 37.6. The van der Waals surface area contributed by atoms with Crippen LogP contribution in [-0.4, -0.2) is 16.0 Å². The highest BCUT2D eigenvalue weighted by molar-refractivity contribution is 5.77. The number of nitrogens with zero attached hydrogens (tertiary/aromatic N) is 2. The van der Waals surface area contributed by atoms with E-state index >= 15 is 0 Å². The van der Waals surface area contributed by atoms with E-state index in [2.05, 4.69) is 20.6 Å². The van der Waals surface area contributed by atoms with Gasteiger partial charge in [0, 0.05) is 11.7 Å². The lowest BCUT2D eigenvalue weighted by molar-refractivity contribution is -0.137. The fourth-order valence-corrected chi connectivity index (χ4v) is 1.82. The molecule has 0 aliphatic rings. The quantitative estimate of drug-likeness (QED) is 0.774. The van der Waals surface area contributed by atoms with Gasteiger partial charge in [0.15, 0.2) is 11.6 Å². The summed E-state index contributed by atoms with van der Waals surface area (Å²) in [6.07, 6.45) is -2.13. The van der Waals surface area contributed by atoms with Gasteiger partial charge in [-0.15, -0.1) is 0 Å². The van der Waals surface area contributed by atoms with Crippen molar-refractivity contribution in [2.24, 2.45) is 0 Å². The number of nitrogens with two attached hydrogens (primary N) is 1. The highest BCUT2D eigenvalue weighted by Crippen LogP contribution is 2.31. The molecule has 1 atom stereocenters. The van der Waals surface area contributed by atoms with Crippen molar-refractivity contribution in [2.45, 2.75) is 32.5 Å². The standard InChI is InChI=1S/C15H18F3N5/c1-3-9(2)22-13-12(19)14(21-8-20-13)23-11-6-4-10(5-7-11)15(16,17)18/h4-9H,3,19H2,1-2H3,(H2,20,21,22,23). The molecule has 0 aliphatic heterocycles. The van der Waals surface area contributed by atoms with E-state index in [0.717, 1.165) is 18.6 Å². The number of alkyl halides is 3. The Labute approximate surface area is 132 Å². The van der Waals surface area contributed by atoms with Gasteiger partial charge in [-0.05, 0) is 37.6 Å². The molecular weight excluding hydrogens is 307 g/mol. The van der Waals surface area contributed by atoms with Crippen LogP contribution < -0.4 is 16.4 Å². The Bertz CT molecular complexity index is 655. The van der Waals surface area contributed by atoms with Crippen molar-refractivity contribution in [2.75, 3.05) is 16.4 Å². The van der Waals surface area contributed by atoms with Gasteiger partial charge in [0.1, 0.15) is 12.0 Å². The lowest BCUT2D eigenvalue weighted by Gasteiger charge is -2.16. The second-order valence-electron chi connectivity index (χ2n) is 5.14. The topological polar surface area (TPSA) is 75.9 Å². The van der Waals surface area contributed by atoms with E-state index in [0.29, 0.717) is 23.0 Å². The van der Waals surface area contributed by atoms with Crippen LogP contribution in [0.25, 0.3) is 0 Å².